The average molecular weight is 229 g/mol. The quantitative estimate of drug-likeness (QED) is 0.668. The zero-order chi connectivity index (χ0) is 11.8. The number of aromatic nitrogens is 5. The standard InChI is InChI=1S/C11H11N5O/c1-3-10-12-13-11-5-4-8(14-16(10)11)9-6-7(2)15-17-9/h4-6H,3H2,1-2H3. The molecule has 0 aliphatic heterocycles. The normalized spacial score (nSPS) is 11.2. The molecule has 86 valence electrons. The van der Waals surface area contributed by atoms with Crippen LogP contribution in [0.1, 0.15) is 18.4 Å². The molecule has 17 heavy (non-hydrogen) atoms. The Labute approximate surface area is 97.3 Å². The molecule has 0 radical (unpaired) electrons. The molecule has 0 amide bonds. The molecule has 0 aromatic carbocycles. The van der Waals surface area contributed by atoms with Gasteiger partial charge in [0.25, 0.3) is 0 Å². The maximum atomic E-state index is 5.18. The summed E-state index contributed by atoms with van der Waals surface area (Å²) in [7, 11) is 0. The van der Waals surface area contributed by atoms with E-state index in [9.17, 15) is 0 Å². The third-order valence-electron chi connectivity index (χ3n) is 2.52. The van der Waals surface area contributed by atoms with Gasteiger partial charge in [-0.05, 0) is 19.1 Å². The van der Waals surface area contributed by atoms with Crippen LogP contribution >= 0.6 is 0 Å². The van der Waals surface area contributed by atoms with Crippen molar-refractivity contribution in [1.29, 1.82) is 0 Å². The molecule has 0 N–H and O–H groups in total. The van der Waals surface area contributed by atoms with Crippen molar-refractivity contribution >= 4 is 5.65 Å². The van der Waals surface area contributed by atoms with E-state index in [1.807, 2.05) is 32.0 Å². The largest absolute Gasteiger partial charge is 0.354 e. The summed E-state index contributed by atoms with van der Waals surface area (Å²) in [5.41, 5.74) is 2.30. The van der Waals surface area contributed by atoms with Gasteiger partial charge in [0.15, 0.2) is 17.2 Å². The Morgan fingerprint density at radius 3 is 2.88 bits per heavy atom. The molecule has 0 saturated heterocycles. The molecule has 3 aromatic rings. The lowest BCUT2D eigenvalue weighted by atomic mass is 10.3. The van der Waals surface area contributed by atoms with Crippen molar-refractivity contribution in [1.82, 2.24) is 25.0 Å². The summed E-state index contributed by atoms with van der Waals surface area (Å²) in [5.74, 6) is 1.48. The summed E-state index contributed by atoms with van der Waals surface area (Å²) in [5, 5.41) is 16.4. The maximum Gasteiger partial charge on any atom is 0.187 e. The molecular weight excluding hydrogens is 218 g/mol. The van der Waals surface area contributed by atoms with Gasteiger partial charge in [0.05, 0.1) is 5.69 Å². The fourth-order valence-electron chi connectivity index (χ4n) is 1.67. The zero-order valence-corrected chi connectivity index (χ0v) is 9.58. The van der Waals surface area contributed by atoms with Gasteiger partial charge in [-0.2, -0.15) is 9.61 Å². The molecule has 3 aromatic heterocycles. The van der Waals surface area contributed by atoms with Crippen molar-refractivity contribution in [3.63, 3.8) is 0 Å². The van der Waals surface area contributed by atoms with Crippen LogP contribution in [0.2, 0.25) is 0 Å². The van der Waals surface area contributed by atoms with E-state index >= 15 is 0 Å². The second kappa shape index (κ2) is 3.65. The second-order valence-corrected chi connectivity index (χ2v) is 3.79. The molecule has 0 bridgehead atoms. The number of fused-ring (bicyclic) bond motifs is 1. The topological polar surface area (TPSA) is 69.1 Å². The maximum absolute atomic E-state index is 5.18. The minimum Gasteiger partial charge on any atom is -0.354 e. The SMILES string of the molecule is CCc1nnc2ccc(-c3cc(C)no3)nn12. The summed E-state index contributed by atoms with van der Waals surface area (Å²) >= 11 is 0. The first-order chi connectivity index (χ1) is 8.28. The Balaban J connectivity index is 2.18. The highest BCUT2D eigenvalue weighted by atomic mass is 16.5. The van der Waals surface area contributed by atoms with Crippen molar-refractivity contribution in [2.75, 3.05) is 0 Å². The van der Waals surface area contributed by atoms with Crippen molar-refractivity contribution in [2.45, 2.75) is 20.3 Å². The summed E-state index contributed by atoms with van der Waals surface area (Å²) in [6.07, 6.45) is 0.785. The third-order valence-corrected chi connectivity index (χ3v) is 2.52. The highest BCUT2D eigenvalue weighted by Crippen LogP contribution is 2.18. The van der Waals surface area contributed by atoms with E-state index in [0.29, 0.717) is 5.76 Å². The summed E-state index contributed by atoms with van der Waals surface area (Å²) in [6.45, 7) is 3.89. The number of hydrogen-bond acceptors (Lipinski definition) is 5. The van der Waals surface area contributed by atoms with Crippen molar-refractivity contribution in [3.05, 3.63) is 29.7 Å². The molecule has 0 unspecified atom stereocenters. The molecule has 0 saturated carbocycles. The van der Waals surface area contributed by atoms with Gasteiger partial charge in [0.1, 0.15) is 5.69 Å². The summed E-state index contributed by atoms with van der Waals surface area (Å²) < 4.78 is 6.91. The summed E-state index contributed by atoms with van der Waals surface area (Å²) in [4.78, 5) is 0. The van der Waals surface area contributed by atoms with Crippen LogP contribution in [-0.4, -0.2) is 25.0 Å². The van der Waals surface area contributed by atoms with Crippen LogP contribution in [0, 0.1) is 6.92 Å². The first-order valence-corrected chi connectivity index (χ1v) is 5.43. The number of aryl methyl sites for hydroxylation is 2. The van der Waals surface area contributed by atoms with E-state index in [4.69, 9.17) is 4.52 Å². The molecule has 0 spiro atoms. The molecule has 3 heterocycles. The fraction of sp³-hybridized carbons (Fsp3) is 0.273. The Morgan fingerprint density at radius 2 is 2.18 bits per heavy atom. The van der Waals surface area contributed by atoms with Gasteiger partial charge in [-0.3, -0.25) is 0 Å². The third kappa shape index (κ3) is 1.57. The van der Waals surface area contributed by atoms with E-state index in [2.05, 4.69) is 20.5 Å². The van der Waals surface area contributed by atoms with E-state index < -0.39 is 0 Å². The lowest BCUT2D eigenvalue weighted by Crippen LogP contribution is -1.98. The van der Waals surface area contributed by atoms with Gasteiger partial charge in [-0.1, -0.05) is 12.1 Å². The van der Waals surface area contributed by atoms with Crippen molar-refractivity contribution in [3.8, 4) is 11.5 Å². The molecule has 0 fully saturated rings. The fourth-order valence-corrected chi connectivity index (χ4v) is 1.67. The summed E-state index contributed by atoms with van der Waals surface area (Å²) in [6, 6.07) is 5.57. The van der Waals surface area contributed by atoms with Crippen LogP contribution in [0.25, 0.3) is 17.1 Å². The predicted octanol–water partition coefficient (Wildman–Crippen LogP) is 1.65. The van der Waals surface area contributed by atoms with Gasteiger partial charge >= 0.3 is 0 Å². The Bertz CT molecular complexity index is 669. The zero-order valence-electron chi connectivity index (χ0n) is 9.58. The van der Waals surface area contributed by atoms with Crippen LogP contribution in [-0.2, 0) is 6.42 Å². The van der Waals surface area contributed by atoms with Gasteiger partial charge in [-0.25, -0.2) is 0 Å². The second-order valence-electron chi connectivity index (χ2n) is 3.79. The lowest BCUT2D eigenvalue weighted by Gasteiger charge is -1.97. The predicted molar refractivity (Wildman–Crippen MR) is 60.4 cm³/mol. The van der Waals surface area contributed by atoms with Crippen LogP contribution in [0.4, 0.5) is 0 Å². The molecule has 6 nitrogen and oxygen atoms in total. The number of nitrogens with zero attached hydrogens (tertiary/aromatic N) is 5. The van der Waals surface area contributed by atoms with Crippen LogP contribution in [0.5, 0.6) is 0 Å². The minimum atomic E-state index is 0.653. The van der Waals surface area contributed by atoms with Gasteiger partial charge in [0, 0.05) is 12.5 Å². The van der Waals surface area contributed by atoms with Gasteiger partial charge in [-0.15, -0.1) is 10.2 Å². The van der Waals surface area contributed by atoms with Gasteiger partial charge in [0.2, 0.25) is 0 Å². The molecule has 0 atom stereocenters. The number of hydrogen-bond donors (Lipinski definition) is 0. The van der Waals surface area contributed by atoms with Gasteiger partial charge < -0.3 is 4.52 Å². The molecule has 0 aliphatic carbocycles. The Kier molecular flexibility index (Phi) is 2.14. The van der Waals surface area contributed by atoms with Crippen molar-refractivity contribution in [2.24, 2.45) is 0 Å². The Morgan fingerprint density at radius 1 is 1.29 bits per heavy atom. The molecule has 3 rings (SSSR count). The van der Waals surface area contributed by atoms with Crippen LogP contribution in [0.3, 0.4) is 0 Å². The molecular formula is C11H11N5O. The highest BCUT2D eigenvalue weighted by Gasteiger charge is 2.10. The highest BCUT2D eigenvalue weighted by molar-refractivity contribution is 5.54. The smallest absolute Gasteiger partial charge is 0.187 e. The van der Waals surface area contributed by atoms with E-state index in [0.717, 1.165) is 29.3 Å². The van der Waals surface area contributed by atoms with E-state index in [1.54, 1.807) is 4.52 Å². The molecule has 0 aliphatic rings. The Hall–Kier alpha value is -2.24. The monoisotopic (exact) mass is 229 g/mol. The van der Waals surface area contributed by atoms with E-state index in [-0.39, 0.29) is 0 Å². The molecule has 6 heteroatoms. The van der Waals surface area contributed by atoms with E-state index in [1.165, 1.54) is 0 Å². The number of rotatable bonds is 2. The van der Waals surface area contributed by atoms with Crippen molar-refractivity contribution < 1.29 is 4.52 Å². The van der Waals surface area contributed by atoms with Crippen LogP contribution < -0.4 is 0 Å². The minimum absolute atomic E-state index is 0.653. The van der Waals surface area contributed by atoms with Crippen LogP contribution in [0.15, 0.2) is 22.7 Å². The first-order valence-electron chi connectivity index (χ1n) is 5.43. The first kappa shape index (κ1) is 9.95. The lowest BCUT2D eigenvalue weighted by molar-refractivity contribution is 0.425. The average Bonchev–Trinajstić information content (AvgIpc) is 2.94.